The second-order valence-electron chi connectivity index (χ2n) is 4.35. The van der Waals surface area contributed by atoms with Crippen LogP contribution in [0.2, 0.25) is 0 Å². The van der Waals surface area contributed by atoms with E-state index in [0.29, 0.717) is 41.9 Å². The number of nitriles is 1. The molecule has 0 aliphatic rings. The van der Waals surface area contributed by atoms with Crippen LogP contribution in [0.15, 0.2) is 24.3 Å². The minimum absolute atomic E-state index is 0.0889. The van der Waals surface area contributed by atoms with E-state index in [1.54, 1.807) is 25.3 Å². The molecule has 0 atom stereocenters. The van der Waals surface area contributed by atoms with Crippen LogP contribution < -0.4 is 4.74 Å². The zero-order chi connectivity index (χ0) is 15.2. The first kappa shape index (κ1) is 14.8. The molecule has 1 aromatic heterocycles. The van der Waals surface area contributed by atoms with E-state index < -0.39 is 5.97 Å². The lowest BCUT2D eigenvalue weighted by molar-refractivity contribution is 0.0690. The summed E-state index contributed by atoms with van der Waals surface area (Å²) >= 11 is 0. The number of pyridine rings is 1. The average molecular weight is 286 g/mol. The van der Waals surface area contributed by atoms with E-state index in [0.717, 1.165) is 0 Å². The lowest BCUT2D eigenvalue weighted by Gasteiger charge is -2.10. The van der Waals surface area contributed by atoms with Gasteiger partial charge in [-0.1, -0.05) is 0 Å². The molecule has 21 heavy (non-hydrogen) atoms. The Labute approximate surface area is 121 Å². The van der Waals surface area contributed by atoms with Crippen molar-refractivity contribution in [3.8, 4) is 11.8 Å². The van der Waals surface area contributed by atoms with E-state index in [2.05, 4.69) is 4.98 Å². The van der Waals surface area contributed by atoms with Gasteiger partial charge in [0.05, 0.1) is 23.8 Å². The van der Waals surface area contributed by atoms with Gasteiger partial charge in [0, 0.05) is 31.6 Å². The number of carbonyl (C=O) groups is 1. The molecule has 0 unspecified atom stereocenters. The molecule has 0 radical (unpaired) electrons. The van der Waals surface area contributed by atoms with E-state index in [-0.39, 0.29) is 5.69 Å². The maximum Gasteiger partial charge on any atom is 0.354 e. The molecular formula is C15H14N2O4. The molecule has 2 rings (SSSR count). The third-order valence-electron chi connectivity index (χ3n) is 2.87. The molecule has 1 heterocycles. The molecule has 108 valence electrons. The molecule has 6 heteroatoms. The van der Waals surface area contributed by atoms with Gasteiger partial charge in [0.25, 0.3) is 0 Å². The van der Waals surface area contributed by atoms with Crippen LogP contribution in [0, 0.1) is 11.3 Å². The van der Waals surface area contributed by atoms with E-state index >= 15 is 0 Å². The summed E-state index contributed by atoms with van der Waals surface area (Å²) in [6.45, 7) is 0.945. The van der Waals surface area contributed by atoms with Crippen LogP contribution in [0.5, 0.6) is 5.75 Å². The highest BCUT2D eigenvalue weighted by Crippen LogP contribution is 2.26. The second-order valence-corrected chi connectivity index (χ2v) is 4.35. The van der Waals surface area contributed by atoms with E-state index in [1.807, 2.05) is 6.07 Å². The summed E-state index contributed by atoms with van der Waals surface area (Å²) < 4.78 is 10.6. The Morgan fingerprint density at radius 1 is 1.38 bits per heavy atom. The first-order valence-corrected chi connectivity index (χ1v) is 6.35. The van der Waals surface area contributed by atoms with Crippen LogP contribution in [-0.2, 0) is 4.74 Å². The zero-order valence-electron chi connectivity index (χ0n) is 11.5. The summed E-state index contributed by atoms with van der Waals surface area (Å²) in [5.74, 6) is -0.714. The summed E-state index contributed by atoms with van der Waals surface area (Å²) in [6, 6.07) is 8.26. The molecule has 0 saturated heterocycles. The van der Waals surface area contributed by atoms with Crippen molar-refractivity contribution in [1.82, 2.24) is 4.98 Å². The Balaban J connectivity index is 2.42. The Hall–Kier alpha value is -2.65. The van der Waals surface area contributed by atoms with Gasteiger partial charge in [-0.25, -0.2) is 9.78 Å². The smallest absolute Gasteiger partial charge is 0.354 e. The Morgan fingerprint density at radius 2 is 2.19 bits per heavy atom. The highest BCUT2D eigenvalue weighted by atomic mass is 16.5. The van der Waals surface area contributed by atoms with Crippen molar-refractivity contribution in [3.63, 3.8) is 0 Å². The van der Waals surface area contributed by atoms with Crippen molar-refractivity contribution in [2.24, 2.45) is 0 Å². The van der Waals surface area contributed by atoms with Gasteiger partial charge in [0.15, 0.2) is 5.69 Å². The fourth-order valence-electron chi connectivity index (χ4n) is 1.88. The highest BCUT2D eigenvalue weighted by molar-refractivity contribution is 5.93. The number of benzene rings is 1. The molecule has 0 fully saturated rings. The van der Waals surface area contributed by atoms with Crippen molar-refractivity contribution >= 4 is 16.9 Å². The van der Waals surface area contributed by atoms with Crippen LogP contribution in [0.25, 0.3) is 10.9 Å². The van der Waals surface area contributed by atoms with Crippen molar-refractivity contribution in [2.75, 3.05) is 20.3 Å². The summed E-state index contributed by atoms with van der Waals surface area (Å²) in [7, 11) is 1.60. The minimum atomic E-state index is -1.12. The molecule has 1 N–H and O–H groups in total. The van der Waals surface area contributed by atoms with Gasteiger partial charge in [0.1, 0.15) is 5.75 Å². The van der Waals surface area contributed by atoms with Gasteiger partial charge in [-0.05, 0) is 18.2 Å². The third kappa shape index (κ3) is 3.46. The summed E-state index contributed by atoms with van der Waals surface area (Å²) in [5, 5.41) is 18.7. The quantitative estimate of drug-likeness (QED) is 0.818. The van der Waals surface area contributed by atoms with Gasteiger partial charge in [0.2, 0.25) is 0 Å². The number of aromatic carboxylic acids is 1. The summed E-state index contributed by atoms with van der Waals surface area (Å²) in [5.41, 5.74) is 0.860. The molecule has 1 aromatic carbocycles. The van der Waals surface area contributed by atoms with E-state index in [1.165, 1.54) is 6.07 Å². The SMILES string of the molecule is COCCCOc1cc(C(=O)O)nc2ccc(C#N)cc12. The fraction of sp³-hybridized carbons (Fsp3) is 0.267. The molecule has 2 aromatic rings. The minimum Gasteiger partial charge on any atom is -0.493 e. The number of fused-ring (bicyclic) bond motifs is 1. The highest BCUT2D eigenvalue weighted by Gasteiger charge is 2.12. The molecule has 0 bridgehead atoms. The van der Waals surface area contributed by atoms with Crippen LogP contribution in [0.3, 0.4) is 0 Å². The number of rotatable bonds is 6. The number of ether oxygens (including phenoxy) is 2. The summed E-state index contributed by atoms with van der Waals surface area (Å²) in [4.78, 5) is 15.1. The Kier molecular flexibility index (Phi) is 4.69. The Morgan fingerprint density at radius 3 is 2.86 bits per heavy atom. The van der Waals surface area contributed by atoms with Crippen LogP contribution in [0.1, 0.15) is 22.5 Å². The van der Waals surface area contributed by atoms with Crippen LogP contribution >= 0.6 is 0 Å². The van der Waals surface area contributed by atoms with Crippen molar-refractivity contribution in [2.45, 2.75) is 6.42 Å². The Bertz CT molecular complexity index is 707. The molecular weight excluding hydrogens is 272 g/mol. The third-order valence-corrected chi connectivity index (χ3v) is 2.87. The molecule has 0 aliphatic heterocycles. The van der Waals surface area contributed by atoms with Crippen LogP contribution in [-0.4, -0.2) is 36.4 Å². The maximum atomic E-state index is 11.1. The predicted molar refractivity (Wildman–Crippen MR) is 75.4 cm³/mol. The molecule has 6 nitrogen and oxygen atoms in total. The molecule has 0 amide bonds. The summed E-state index contributed by atoms with van der Waals surface area (Å²) in [6.07, 6.45) is 0.681. The number of aromatic nitrogens is 1. The number of carboxylic acids is 1. The topological polar surface area (TPSA) is 92.4 Å². The predicted octanol–water partition coefficient (Wildman–Crippen LogP) is 2.22. The molecule has 0 saturated carbocycles. The molecule has 0 spiro atoms. The van der Waals surface area contributed by atoms with Gasteiger partial charge in [-0.3, -0.25) is 0 Å². The van der Waals surface area contributed by atoms with Gasteiger partial charge >= 0.3 is 5.97 Å². The lowest BCUT2D eigenvalue weighted by atomic mass is 10.1. The van der Waals surface area contributed by atoms with Crippen molar-refractivity contribution in [1.29, 1.82) is 5.26 Å². The number of methoxy groups -OCH3 is 1. The number of hydrogen-bond acceptors (Lipinski definition) is 5. The lowest BCUT2D eigenvalue weighted by Crippen LogP contribution is -2.05. The first-order chi connectivity index (χ1) is 10.2. The van der Waals surface area contributed by atoms with Crippen molar-refractivity contribution < 1.29 is 19.4 Å². The van der Waals surface area contributed by atoms with Crippen LogP contribution in [0.4, 0.5) is 0 Å². The average Bonchev–Trinajstić information content (AvgIpc) is 2.50. The normalized spacial score (nSPS) is 10.3. The van der Waals surface area contributed by atoms with Gasteiger partial charge in [-0.15, -0.1) is 0 Å². The van der Waals surface area contributed by atoms with Gasteiger partial charge < -0.3 is 14.6 Å². The number of carboxylic acid groups (broad SMARTS) is 1. The fourth-order valence-corrected chi connectivity index (χ4v) is 1.88. The molecule has 0 aliphatic carbocycles. The first-order valence-electron chi connectivity index (χ1n) is 6.35. The van der Waals surface area contributed by atoms with Crippen molar-refractivity contribution in [3.05, 3.63) is 35.5 Å². The second kappa shape index (κ2) is 6.68. The van der Waals surface area contributed by atoms with Gasteiger partial charge in [-0.2, -0.15) is 5.26 Å². The van der Waals surface area contributed by atoms with E-state index in [4.69, 9.17) is 19.8 Å². The van der Waals surface area contributed by atoms with E-state index in [9.17, 15) is 4.79 Å². The largest absolute Gasteiger partial charge is 0.493 e. The monoisotopic (exact) mass is 286 g/mol. The standard InChI is InChI=1S/C15H14N2O4/c1-20-5-2-6-21-14-8-13(15(18)19)17-12-4-3-10(9-16)7-11(12)14/h3-4,7-8H,2,5-6H2,1H3,(H,18,19). The number of nitrogens with zero attached hydrogens (tertiary/aromatic N) is 2. The zero-order valence-corrected chi connectivity index (χ0v) is 11.5. The maximum absolute atomic E-state index is 11.1. The number of hydrogen-bond donors (Lipinski definition) is 1.